The number of hydrogen-bond acceptors (Lipinski definition) is 2. The zero-order valence-electron chi connectivity index (χ0n) is 3.74. The van der Waals surface area contributed by atoms with E-state index in [9.17, 15) is 0 Å². The molecule has 1 aliphatic rings. The molecule has 0 aromatic heterocycles. The first-order valence-corrected chi connectivity index (χ1v) is 2.94. The maximum Gasteiger partial charge on any atom is 0.0418 e. The van der Waals surface area contributed by atoms with Crippen LogP contribution >= 0.6 is 21.7 Å². The standard InChI is InChI=1S/C3H7NS.H3P/c1-2-5-3-4-1;/h4H,1-3H2;1H3. The Hall–Kier alpha value is 0.740. The summed E-state index contributed by atoms with van der Waals surface area (Å²) in [7, 11) is 0. The summed E-state index contributed by atoms with van der Waals surface area (Å²) in [6, 6.07) is 0. The first kappa shape index (κ1) is 6.74. The Morgan fingerprint density at radius 3 is 2.50 bits per heavy atom. The summed E-state index contributed by atoms with van der Waals surface area (Å²) in [5, 5.41) is 3.19. The molecule has 0 spiro atoms. The maximum atomic E-state index is 3.19. The van der Waals surface area contributed by atoms with E-state index in [1.807, 2.05) is 11.8 Å². The molecule has 1 atom stereocenters. The van der Waals surface area contributed by atoms with Crippen molar-refractivity contribution in [3.05, 3.63) is 0 Å². The quantitative estimate of drug-likeness (QED) is 0.466. The highest BCUT2D eigenvalue weighted by Gasteiger charge is 1.93. The van der Waals surface area contributed by atoms with Crippen molar-refractivity contribution in [1.29, 1.82) is 0 Å². The molecule has 0 saturated carbocycles. The first-order chi connectivity index (χ1) is 2.50. The van der Waals surface area contributed by atoms with Crippen LogP contribution in [0, 0.1) is 0 Å². The van der Waals surface area contributed by atoms with E-state index in [-0.39, 0.29) is 9.90 Å². The molecule has 0 amide bonds. The van der Waals surface area contributed by atoms with Crippen LogP contribution in [0.1, 0.15) is 0 Å². The second-order valence-electron chi connectivity index (χ2n) is 1.05. The normalized spacial score (nSPS) is 20.0. The second kappa shape index (κ2) is 3.91. The summed E-state index contributed by atoms with van der Waals surface area (Å²) in [6.07, 6.45) is 0. The van der Waals surface area contributed by atoms with Crippen molar-refractivity contribution in [2.24, 2.45) is 0 Å². The molecule has 1 fully saturated rings. The van der Waals surface area contributed by atoms with Crippen molar-refractivity contribution in [1.82, 2.24) is 5.32 Å². The van der Waals surface area contributed by atoms with E-state index >= 15 is 0 Å². The van der Waals surface area contributed by atoms with Gasteiger partial charge in [-0.25, -0.2) is 0 Å². The lowest BCUT2D eigenvalue weighted by Gasteiger charge is -1.74. The smallest absolute Gasteiger partial charge is 0.0418 e. The Kier molecular flexibility index (Phi) is 4.40. The Labute approximate surface area is 45.9 Å². The Balaban J connectivity index is 0.000000250. The molecule has 0 bridgehead atoms. The van der Waals surface area contributed by atoms with Gasteiger partial charge in [0.15, 0.2) is 0 Å². The molecule has 6 heavy (non-hydrogen) atoms. The van der Waals surface area contributed by atoms with Crippen molar-refractivity contribution in [3.8, 4) is 0 Å². The van der Waals surface area contributed by atoms with Gasteiger partial charge in [0.2, 0.25) is 0 Å². The fourth-order valence-corrected chi connectivity index (χ4v) is 1.08. The lowest BCUT2D eigenvalue weighted by Crippen LogP contribution is -2.04. The third-order valence-corrected chi connectivity index (χ3v) is 1.53. The van der Waals surface area contributed by atoms with E-state index in [0.29, 0.717) is 0 Å². The topological polar surface area (TPSA) is 12.0 Å². The van der Waals surface area contributed by atoms with E-state index in [0.717, 1.165) is 0 Å². The molecule has 1 N–H and O–H groups in total. The summed E-state index contributed by atoms with van der Waals surface area (Å²) in [4.78, 5) is 0. The summed E-state index contributed by atoms with van der Waals surface area (Å²) in [5.74, 6) is 2.47. The van der Waals surface area contributed by atoms with Gasteiger partial charge in [-0.2, -0.15) is 9.90 Å². The number of rotatable bonds is 0. The molecule has 1 aliphatic heterocycles. The van der Waals surface area contributed by atoms with Crippen LogP contribution in [0.4, 0.5) is 0 Å². The van der Waals surface area contributed by atoms with Crippen LogP contribution in [0.15, 0.2) is 0 Å². The van der Waals surface area contributed by atoms with Gasteiger partial charge in [0.05, 0.1) is 0 Å². The molecule has 1 saturated heterocycles. The van der Waals surface area contributed by atoms with Gasteiger partial charge in [-0.3, -0.25) is 0 Å². The van der Waals surface area contributed by atoms with Gasteiger partial charge < -0.3 is 5.32 Å². The number of nitrogens with one attached hydrogen (secondary N) is 1. The maximum absolute atomic E-state index is 3.19. The summed E-state index contributed by atoms with van der Waals surface area (Å²) in [5.41, 5.74) is 0. The molecule has 1 unspecified atom stereocenters. The van der Waals surface area contributed by atoms with Crippen LogP contribution in [0.25, 0.3) is 0 Å². The first-order valence-electron chi connectivity index (χ1n) is 1.78. The molecule has 1 rings (SSSR count). The number of hydrogen-bond donors (Lipinski definition) is 1. The molecular formula is C3H10NPS. The Bertz CT molecular complexity index is 22.4. The minimum atomic E-state index is 0. The van der Waals surface area contributed by atoms with Crippen molar-refractivity contribution >= 4 is 21.7 Å². The van der Waals surface area contributed by atoms with E-state index in [1.165, 1.54) is 18.2 Å². The van der Waals surface area contributed by atoms with Gasteiger partial charge in [0, 0.05) is 18.2 Å². The van der Waals surface area contributed by atoms with Gasteiger partial charge >= 0.3 is 0 Å². The van der Waals surface area contributed by atoms with Crippen LogP contribution < -0.4 is 5.32 Å². The molecule has 0 radical (unpaired) electrons. The highest BCUT2D eigenvalue weighted by atomic mass is 32.2. The minimum absolute atomic E-state index is 0. The second-order valence-corrected chi connectivity index (χ2v) is 2.16. The van der Waals surface area contributed by atoms with Gasteiger partial charge in [-0.05, 0) is 0 Å². The summed E-state index contributed by atoms with van der Waals surface area (Å²) >= 11 is 1.96. The third kappa shape index (κ3) is 2.01. The zero-order chi connectivity index (χ0) is 3.54. The average Bonchev–Trinajstić information content (AvgIpc) is 1.76. The van der Waals surface area contributed by atoms with Crippen LogP contribution in [-0.2, 0) is 0 Å². The van der Waals surface area contributed by atoms with E-state index in [1.54, 1.807) is 0 Å². The van der Waals surface area contributed by atoms with Gasteiger partial charge in [0.1, 0.15) is 0 Å². The highest BCUT2D eigenvalue weighted by molar-refractivity contribution is 7.99. The van der Waals surface area contributed by atoms with E-state index < -0.39 is 0 Å². The third-order valence-electron chi connectivity index (χ3n) is 0.627. The molecule has 38 valence electrons. The highest BCUT2D eigenvalue weighted by Crippen LogP contribution is 1.99. The van der Waals surface area contributed by atoms with Crippen LogP contribution in [0.5, 0.6) is 0 Å². The van der Waals surface area contributed by atoms with Gasteiger partial charge in [-0.1, -0.05) is 0 Å². The predicted molar refractivity (Wildman–Crippen MR) is 36.4 cm³/mol. The zero-order valence-corrected chi connectivity index (χ0v) is 5.97. The monoisotopic (exact) mass is 123 g/mol. The fourth-order valence-electron chi connectivity index (χ4n) is 0.361. The fraction of sp³-hybridized carbons (Fsp3) is 1.00. The molecule has 1 nitrogen and oxygen atoms in total. The molecular weight excluding hydrogens is 113 g/mol. The van der Waals surface area contributed by atoms with Crippen LogP contribution in [0.2, 0.25) is 0 Å². The van der Waals surface area contributed by atoms with Crippen LogP contribution in [0.3, 0.4) is 0 Å². The van der Waals surface area contributed by atoms with E-state index in [4.69, 9.17) is 0 Å². The Morgan fingerprint density at radius 2 is 2.33 bits per heavy atom. The predicted octanol–water partition coefficient (Wildman–Crippen LogP) is 0.338. The summed E-state index contributed by atoms with van der Waals surface area (Å²) in [6.45, 7) is 1.21. The molecule has 3 heteroatoms. The average molecular weight is 123 g/mol. The molecule has 1 heterocycles. The Morgan fingerprint density at radius 1 is 1.50 bits per heavy atom. The SMILES string of the molecule is C1CSCN1.P. The van der Waals surface area contributed by atoms with Crippen molar-refractivity contribution < 1.29 is 0 Å². The number of thioether (sulfide) groups is 1. The largest absolute Gasteiger partial charge is 0.307 e. The molecule has 0 aromatic rings. The van der Waals surface area contributed by atoms with Crippen LogP contribution in [-0.4, -0.2) is 18.2 Å². The minimum Gasteiger partial charge on any atom is -0.307 e. The molecule has 0 aliphatic carbocycles. The van der Waals surface area contributed by atoms with Crippen molar-refractivity contribution in [2.45, 2.75) is 0 Å². The summed E-state index contributed by atoms with van der Waals surface area (Å²) < 4.78 is 0. The van der Waals surface area contributed by atoms with Gasteiger partial charge in [0.25, 0.3) is 0 Å². The molecule has 0 aromatic carbocycles. The van der Waals surface area contributed by atoms with Gasteiger partial charge in [-0.15, -0.1) is 11.8 Å². The van der Waals surface area contributed by atoms with Crippen molar-refractivity contribution in [2.75, 3.05) is 18.2 Å². The van der Waals surface area contributed by atoms with Crippen molar-refractivity contribution in [3.63, 3.8) is 0 Å². The lowest BCUT2D eigenvalue weighted by atomic mass is 10.8. The lowest BCUT2D eigenvalue weighted by molar-refractivity contribution is 0.885. The van der Waals surface area contributed by atoms with E-state index in [2.05, 4.69) is 5.32 Å².